The lowest BCUT2D eigenvalue weighted by molar-refractivity contribution is 0.386. The Hall–Kier alpha value is -1.63. The monoisotopic (exact) mass is 371 g/mol. The van der Waals surface area contributed by atoms with Crippen LogP contribution >= 0.6 is 22.6 Å². The number of hydrogen-bond donors (Lipinski definition) is 1. The lowest BCUT2D eigenvalue weighted by Crippen LogP contribution is -1.92. The lowest BCUT2D eigenvalue weighted by Gasteiger charge is -2.11. The van der Waals surface area contributed by atoms with Gasteiger partial charge in [0.15, 0.2) is 0 Å². The molecule has 0 saturated heterocycles. The highest BCUT2D eigenvalue weighted by Crippen LogP contribution is 2.33. The third-order valence-electron chi connectivity index (χ3n) is 2.51. The van der Waals surface area contributed by atoms with Crippen molar-refractivity contribution in [2.45, 2.75) is 0 Å². The van der Waals surface area contributed by atoms with Gasteiger partial charge in [0.1, 0.15) is 23.0 Å². The molecule has 5 heteroatoms. The number of nitrogen functional groups attached to an aromatic ring is 1. The molecule has 0 fully saturated rings. The Morgan fingerprint density at radius 1 is 0.895 bits per heavy atom. The molecule has 0 aliphatic carbocycles. The summed E-state index contributed by atoms with van der Waals surface area (Å²) in [6, 6.07) is 10.9. The Morgan fingerprint density at radius 2 is 1.47 bits per heavy atom. The van der Waals surface area contributed by atoms with Crippen molar-refractivity contribution in [1.82, 2.24) is 0 Å². The van der Waals surface area contributed by atoms with Crippen LogP contribution in [0.3, 0.4) is 0 Å². The second-order valence-electron chi connectivity index (χ2n) is 3.84. The van der Waals surface area contributed by atoms with Crippen LogP contribution in [0.5, 0.6) is 23.0 Å². The predicted molar refractivity (Wildman–Crippen MR) is 83.2 cm³/mol. The van der Waals surface area contributed by atoms with Crippen molar-refractivity contribution >= 4 is 28.3 Å². The molecular weight excluding hydrogens is 357 g/mol. The topological polar surface area (TPSA) is 53.7 Å². The summed E-state index contributed by atoms with van der Waals surface area (Å²) in [7, 11) is 3.21. The van der Waals surface area contributed by atoms with Gasteiger partial charge in [0, 0.05) is 23.9 Å². The minimum Gasteiger partial charge on any atom is -0.496 e. The maximum atomic E-state index is 5.83. The first-order valence-corrected chi connectivity index (χ1v) is 6.66. The highest BCUT2D eigenvalue weighted by Gasteiger charge is 2.07. The van der Waals surface area contributed by atoms with E-state index in [4.69, 9.17) is 19.9 Å². The van der Waals surface area contributed by atoms with Crippen molar-refractivity contribution in [3.05, 3.63) is 40.0 Å². The zero-order valence-electron chi connectivity index (χ0n) is 10.6. The Morgan fingerprint density at radius 3 is 2.00 bits per heavy atom. The first kappa shape index (κ1) is 13.8. The molecule has 0 heterocycles. The minimum atomic E-state index is 0.652. The average Bonchev–Trinajstić information content (AvgIpc) is 2.41. The summed E-state index contributed by atoms with van der Waals surface area (Å²) in [5, 5.41) is 0. The standard InChI is InChI=1S/C14H14INO3/c1-17-10-6-11(18-2)8-12(7-10)19-14-4-3-9(16)5-13(14)15/h3-8H,16H2,1-2H3. The fourth-order valence-electron chi connectivity index (χ4n) is 1.57. The molecule has 0 amide bonds. The van der Waals surface area contributed by atoms with Gasteiger partial charge in [0.25, 0.3) is 0 Å². The second-order valence-corrected chi connectivity index (χ2v) is 5.00. The van der Waals surface area contributed by atoms with Crippen LogP contribution in [-0.2, 0) is 0 Å². The summed E-state index contributed by atoms with van der Waals surface area (Å²) in [4.78, 5) is 0. The van der Waals surface area contributed by atoms with Crippen molar-refractivity contribution < 1.29 is 14.2 Å². The zero-order valence-corrected chi connectivity index (χ0v) is 12.8. The Labute approximate surface area is 125 Å². The Bertz CT molecular complexity index is 565. The molecule has 0 bridgehead atoms. The van der Waals surface area contributed by atoms with Crippen molar-refractivity contribution in [3.8, 4) is 23.0 Å². The van der Waals surface area contributed by atoms with Gasteiger partial charge < -0.3 is 19.9 Å². The molecule has 0 atom stereocenters. The maximum absolute atomic E-state index is 5.83. The van der Waals surface area contributed by atoms with E-state index in [9.17, 15) is 0 Å². The van der Waals surface area contributed by atoms with Crippen LogP contribution in [0.15, 0.2) is 36.4 Å². The van der Waals surface area contributed by atoms with Crippen molar-refractivity contribution in [2.24, 2.45) is 0 Å². The van der Waals surface area contributed by atoms with E-state index in [1.165, 1.54) is 0 Å². The van der Waals surface area contributed by atoms with Crippen LogP contribution in [0.2, 0.25) is 0 Å². The summed E-state index contributed by atoms with van der Waals surface area (Å²) in [5.74, 6) is 2.75. The van der Waals surface area contributed by atoms with Gasteiger partial charge in [-0.15, -0.1) is 0 Å². The number of nitrogens with two attached hydrogens (primary N) is 1. The van der Waals surface area contributed by atoms with E-state index in [1.807, 2.05) is 12.1 Å². The molecular formula is C14H14INO3. The minimum absolute atomic E-state index is 0.652. The molecule has 2 N–H and O–H groups in total. The molecule has 0 aliphatic heterocycles. The predicted octanol–water partition coefficient (Wildman–Crippen LogP) is 3.68. The van der Waals surface area contributed by atoms with Gasteiger partial charge in [0.2, 0.25) is 0 Å². The van der Waals surface area contributed by atoms with Crippen molar-refractivity contribution in [2.75, 3.05) is 20.0 Å². The molecule has 0 aliphatic rings. The summed E-state index contributed by atoms with van der Waals surface area (Å²) < 4.78 is 17.2. The SMILES string of the molecule is COc1cc(OC)cc(Oc2ccc(N)cc2I)c1. The summed E-state index contributed by atoms with van der Waals surface area (Å²) in [5.41, 5.74) is 6.42. The lowest BCUT2D eigenvalue weighted by atomic mass is 10.3. The number of rotatable bonds is 4. The van der Waals surface area contributed by atoms with Gasteiger partial charge in [-0.25, -0.2) is 0 Å². The smallest absolute Gasteiger partial charge is 0.140 e. The summed E-state index contributed by atoms with van der Waals surface area (Å²) in [6.07, 6.45) is 0. The van der Waals surface area contributed by atoms with Crippen molar-refractivity contribution in [3.63, 3.8) is 0 Å². The molecule has 2 rings (SSSR count). The van der Waals surface area contributed by atoms with E-state index in [1.54, 1.807) is 38.5 Å². The van der Waals surface area contributed by atoms with Gasteiger partial charge in [0.05, 0.1) is 17.8 Å². The van der Waals surface area contributed by atoms with E-state index in [0.29, 0.717) is 22.9 Å². The molecule has 4 nitrogen and oxygen atoms in total. The van der Waals surface area contributed by atoms with E-state index < -0.39 is 0 Å². The molecule has 0 radical (unpaired) electrons. The summed E-state index contributed by atoms with van der Waals surface area (Å²) >= 11 is 2.18. The maximum Gasteiger partial charge on any atom is 0.140 e. The van der Waals surface area contributed by atoms with E-state index in [2.05, 4.69) is 22.6 Å². The number of benzene rings is 2. The highest BCUT2D eigenvalue weighted by atomic mass is 127. The van der Waals surface area contributed by atoms with Gasteiger partial charge in [-0.2, -0.15) is 0 Å². The normalized spacial score (nSPS) is 10.1. The highest BCUT2D eigenvalue weighted by molar-refractivity contribution is 14.1. The first-order valence-electron chi connectivity index (χ1n) is 5.58. The van der Waals surface area contributed by atoms with E-state index >= 15 is 0 Å². The zero-order chi connectivity index (χ0) is 13.8. The number of halogens is 1. The summed E-state index contributed by atoms with van der Waals surface area (Å²) in [6.45, 7) is 0. The quantitative estimate of drug-likeness (QED) is 0.658. The van der Waals surface area contributed by atoms with Crippen LogP contribution in [0.1, 0.15) is 0 Å². The Kier molecular flexibility index (Phi) is 4.36. The first-order chi connectivity index (χ1) is 9.12. The molecule has 2 aromatic rings. The van der Waals surface area contributed by atoms with Gasteiger partial charge in [-0.1, -0.05) is 0 Å². The molecule has 0 spiro atoms. The molecule has 19 heavy (non-hydrogen) atoms. The van der Waals surface area contributed by atoms with E-state index in [0.717, 1.165) is 9.32 Å². The molecule has 2 aromatic carbocycles. The number of anilines is 1. The second kappa shape index (κ2) is 6.01. The molecule has 100 valence electrons. The third-order valence-corrected chi connectivity index (χ3v) is 3.35. The largest absolute Gasteiger partial charge is 0.496 e. The van der Waals surface area contributed by atoms with Gasteiger partial charge >= 0.3 is 0 Å². The number of ether oxygens (including phenoxy) is 3. The molecule has 0 saturated carbocycles. The fourth-order valence-corrected chi connectivity index (χ4v) is 2.22. The number of hydrogen-bond acceptors (Lipinski definition) is 4. The molecule has 0 unspecified atom stereocenters. The molecule has 0 aromatic heterocycles. The number of methoxy groups -OCH3 is 2. The average molecular weight is 371 g/mol. The van der Waals surface area contributed by atoms with Crippen LogP contribution in [0.25, 0.3) is 0 Å². The van der Waals surface area contributed by atoms with Crippen LogP contribution in [0, 0.1) is 3.57 Å². The van der Waals surface area contributed by atoms with Crippen LogP contribution < -0.4 is 19.9 Å². The third kappa shape index (κ3) is 3.44. The van der Waals surface area contributed by atoms with E-state index in [-0.39, 0.29) is 0 Å². The van der Waals surface area contributed by atoms with Crippen molar-refractivity contribution in [1.29, 1.82) is 0 Å². The van der Waals surface area contributed by atoms with Crippen LogP contribution in [0.4, 0.5) is 5.69 Å². The Balaban J connectivity index is 2.31. The van der Waals surface area contributed by atoms with Gasteiger partial charge in [-0.3, -0.25) is 0 Å². The van der Waals surface area contributed by atoms with Gasteiger partial charge in [-0.05, 0) is 40.8 Å². The van der Waals surface area contributed by atoms with Crippen LogP contribution in [-0.4, -0.2) is 14.2 Å². The fraction of sp³-hybridized carbons (Fsp3) is 0.143.